The van der Waals surface area contributed by atoms with Gasteiger partial charge in [0.25, 0.3) is 0 Å². The van der Waals surface area contributed by atoms with Crippen molar-refractivity contribution in [3.63, 3.8) is 0 Å². The van der Waals surface area contributed by atoms with E-state index in [4.69, 9.17) is 9.47 Å². The van der Waals surface area contributed by atoms with Crippen LogP contribution in [0.5, 0.6) is 11.5 Å². The Balaban J connectivity index is 2.09. The van der Waals surface area contributed by atoms with Gasteiger partial charge in [-0.2, -0.15) is 0 Å². The average Bonchev–Trinajstić information content (AvgIpc) is 2.62. The molecule has 0 radical (unpaired) electrons. The Morgan fingerprint density at radius 3 is 2.42 bits per heavy atom. The Labute approximate surface area is 146 Å². The molecule has 0 aliphatic heterocycles. The number of ether oxygens (including phenoxy) is 2. The highest BCUT2D eigenvalue weighted by Crippen LogP contribution is 2.29. The van der Waals surface area contributed by atoms with Crippen molar-refractivity contribution in [3.8, 4) is 11.5 Å². The van der Waals surface area contributed by atoms with Crippen LogP contribution in [0.4, 0.5) is 0 Å². The SMILES string of the molecule is CCNC(C)(CC)Cc1ccc(OCc2ccccc2)cc1OC. The summed E-state index contributed by atoms with van der Waals surface area (Å²) in [5, 5.41) is 3.58. The summed E-state index contributed by atoms with van der Waals surface area (Å²) in [5.41, 5.74) is 2.44. The van der Waals surface area contributed by atoms with Crippen molar-refractivity contribution in [2.24, 2.45) is 0 Å². The van der Waals surface area contributed by atoms with Gasteiger partial charge in [0.05, 0.1) is 7.11 Å². The number of rotatable bonds is 9. The van der Waals surface area contributed by atoms with Crippen LogP contribution in [-0.4, -0.2) is 19.2 Å². The van der Waals surface area contributed by atoms with E-state index in [0.717, 1.165) is 36.4 Å². The number of likely N-dealkylation sites (N-methyl/N-ethyl adjacent to an activating group) is 1. The first kappa shape index (κ1) is 18.3. The first-order chi connectivity index (χ1) is 11.6. The molecule has 0 bridgehead atoms. The fourth-order valence-corrected chi connectivity index (χ4v) is 2.86. The van der Waals surface area contributed by atoms with Crippen LogP contribution < -0.4 is 14.8 Å². The first-order valence-corrected chi connectivity index (χ1v) is 8.69. The third-order valence-electron chi connectivity index (χ3n) is 4.47. The Kier molecular flexibility index (Phi) is 6.68. The first-order valence-electron chi connectivity index (χ1n) is 8.69. The number of hydrogen-bond acceptors (Lipinski definition) is 3. The maximum Gasteiger partial charge on any atom is 0.125 e. The molecule has 0 aliphatic rings. The lowest BCUT2D eigenvalue weighted by atomic mass is 9.89. The van der Waals surface area contributed by atoms with Gasteiger partial charge in [0.15, 0.2) is 0 Å². The van der Waals surface area contributed by atoms with Gasteiger partial charge in [0.1, 0.15) is 18.1 Å². The molecule has 0 aromatic heterocycles. The zero-order chi connectivity index (χ0) is 17.4. The molecular formula is C21H29NO2. The molecule has 3 heteroatoms. The van der Waals surface area contributed by atoms with E-state index in [0.29, 0.717) is 6.61 Å². The third kappa shape index (κ3) is 5.00. The minimum atomic E-state index is 0.0778. The summed E-state index contributed by atoms with van der Waals surface area (Å²) >= 11 is 0. The Hall–Kier alpha value is -2.00. The predicted molar refractivity (Wildman–Crippen MR) is 99.8 cm³/mol. The van der Waals surface area contributed by atoms with Crippen molar-refractivity contribution >= 4 is 0 Å². The highest BCUT2D eigenvalue weighted by molar-refractivity contribution is 5.41. The zero-order valence-corrected chi connectivity index (χ0v) is 15.3. The molecule has 0 spiro atoms. The topological polar surface area (TPSA) is 30.5 Å². The van der Waals surface area contributed by atoms with Gasteiger partial charge in [0, 0.05) is 11.6 Å². The fourth-order valence-electron chi connectivity index (χ4n) is 2.86. The normalized spacial score (nSPS) is 13.3. The predicted octanol–water partition coefficient (Wildman–Crippen LogP) is 4.59. The largest absolute Gasteiger partial charge is 0.496 e. The lowest BCUT2D eigenvalue weighted by Gasteiger charge is -2.30. The summed E-state index contributed by atoms with van der Waals surface area (Å²) in [4.78, 5) is 0. The van der Waals surface area contributed by atoms with Gasteiger partial charge in [-0.15, -0.1) is 0 Å². The van der Waals surface area contributed by atoms with Gasteiger partial charge in [-0.05, 0) is 43.5 Å². The van der Waals surface area contributed by atoms with Gasteiger partial charge >= 0.3 is 0 Å². The molecule has 0 fully saturated rings. The van der Waals surface area contributed by atoms with Gasteiger partial charge in [-0.25, -0.2) is 0 Å². The standard InChI is InChI=1S/C21H29NO2/c1-5-21(3,22-6-2)15-18-12-13-19(14-20(18)23-4)24-16-17-10-8-7-9-11-17/h7-14,22H,5-6,15-16H2,1-4H3. The summed E-state index contributed by atoms with van der Waals surface area (Å²) < 4.78 is 11.5. The molecule has 130 valence electrons. The molecule has 0 saturated carbocycles. The van der Waals surface area contributed by atoms with E-state index in [2.05, 4.69) is 44.3 Å². The molecule has 2 rings (SSSR count). The second-order valence-corrected chi connectivity index (χ2v) is 6.37. The van der Waals surface area contributed by atoms with E-state index in [1.165, 1.54) is 5.56 Å². The number of nitrogens with one attached hydrogen (secondary N) is 1. The smallest absolute Gasteiger partial charge is 0.125 e. The number of benzene rings is 2. The molecule has 0 amide bonds. The van der Waals surface area contributed by atoms with Crippen LogP contribution in [0, 0.1) is 0 Å². The van der Waals surface area contributed by atoms with Crippen LogP contribution in [0.1, 0.15) is 38.3 Å². The molecule has 0 aliphatic carbocycles. The lowest BCUT2D eigenvalue weighted by Crippen LogP contribution is -2.43. The Bertz CT molecular complexity index is 627. The highest BCUT2D eigenvalue weighted by Gasteiger charge is 2.23. The second-order valence-electron chi connectivity index (χ2n) is 6.37. The van der Waals surface area contributed by atoms with Gasteiger partial charge in [0.2, 0.25) is 0 Å². The maximum atomic E-state index is 5.90. The van der Waals surface area contributed by atoms with Crippen LogP contribution >= 0.6 is 0 Å². The maximum absolute atomic E-state index is 5.90. The van der Waals surface area contributed by atoms with Crippen molar-refractivity contribution in [2.75, 3.05) is 13.7 Å². The molecular weight excluding hydrogens is 298 g/mol. The van der Waals surface area contributed by atoms with E-state index in [1.807, 2.05) is 30.3 Å². The molecule has 3 nitrogen and oxygen atoms in total. The fraction of sp³-hybridized carbons (Fsp3) is 0.429. The Morgan fingerprint density at radius 1 is 1.04 bits per heavy atom. The monoisotopic (exact) mass is 327 g/mol. The van der Waals surface area contributed by atoms with Crippen LogP contribution in [0.2, 0.25) is 0 Å². The van der Waals surface area contributed by atoms with E-state index >= 15 is 0 Å². The molecule has 2 aromatic carbocycles. The van der Waals surface area contributed by atoms with Gasteiger partial charge in [-0.1, -0.05) is 50.2 Å². The Morgan fingerprint density at radius 2 is 1.79 bits per heavy atom. The van der Waals surface area contributed by atoms with E-state index in [-0.39, 0.29) is 5.54 Å². The molecule has 0 saturated heterocycles. The van der Waals surface area contributed by atoms with Crippen LogP contribution in [0.15, 0.2) is 48.5 Å². The minimum Gasteiger partial charge on any atom is -0.496 e. The summed E-state index contributed by atoms with van der Waals surface area (Å²) in [6.07, 6.45) is 2.00. The van der Waals surface area contributed by atoms with Crippen molar-refractivity contribution in [2.45, 2.75) is 45.8 Å². The van der Waals surface area contributed by atoms with Crippen molar-refractivity contribution in [1.29, 1.82) is 0 Å². The molecule has 1 atom stereocenters. The van der Waals surface area contributed by atoms with Crippen molar-refractivity contribution < 1.29 is 9.47 Å². The van der Waals surface area contributed by atoms with Crippen molar-refractivity contribution in [3.05, 3.63) is 59.7 Å². The van der Waals surface area contributed by atoms with Gasteiger partial charge in [-0.3, -0.25) is 0 Å². The lowest BCUT2D eigenvalue weighted by molar-refractivity contribution is 0.302. The second kappa shape index (κ2) is 8.74. The van der Waals surface area contributed by atoms with Crippen LogP contribution in [0.25, 0.3) is 0 Å². The number of methoxy groups -OCH3 is 1. The summed E-state index contributed by atoms with van der Waals surface area (Å²) in [6.45, 7) is 8.15. The van der Waals surface area contributed by atoms with Crippen LogP contribution in [-0.2, 0) is 13.0 Å². The van der Waals surface area contributed by atoms with Gasteiger partial charge < -0.3 is 14.8 Å². The highest BCUT2D eigenvalue weighted by atomic mass is 16.5. The van der Waals surface area contributed by atoms with E-state index in [9.17, 15) is 0 Å². The minimum absolute atomic E-state index is 0.0778. The summed E-state index contributed by atoms with van der Waals surface area (Å²) in [5.74, 6) is 1.72. The zero-order valence-electron chi connectivity index (χ0n) is 15.3. The molecule has 1 unspecified atom stereocenters. The molecule has 0 heterocycles. The number of hydrogen-bond donors (Lipinski definition) is 1. The van der Waals surface area contributed by atoms with Crippen molar-refractivity contribution in [1.82, 2.24) is 5.32 Å². The summed E-state index contributed by atoms with van der Waals surface area (Å²) in [7, 11) is 1.72. The molecule has 24 heavy (non-hydrogen) atoms. The quantitative estimate of drug-likeness (QED) is 0.730. The van der Waals surface area contributed by atoms with E-state index < -0.39 is 0 Å². The third-order valence-corrected chi connectivity index (χ3v) is 4.47. The molecule has 1 N–H and O–H groups in total. The van der Waals surface area contributed by atoms with Crippen LogP contribution in [0.3, 0.4) is 0 Å². The van der Waals surface area contributed by atoms with E-state index in [1.54, 1.807) is 7.11 Å². The average molecular weight is 327 g/mol. The summed E-state index contributed by atoms with van der Waals surface area (Å²) in [6, 6.07) is 16.3. The molecule has 2 aromatic rings.